The van der Waals surface area contributed by atoms with Crippen LogP contribution in [0.3, 0.4) is 0 Å². The minimum absolute atomic E-state index is 0.0291. The van der Waals surface area contributed by atoms with Gasteiger partial charge in [-0.1, -0.05) is 30.3 Å². The molecule has 0 aliphatic carbocycles. The molecule has 8 heteroatoms. The number of rotatable bonds is 7. The number of sulfone groups is 1. The van der Waals surface area contributed by atoms with Crippen LogP contribution in [0, 0.1) is 6.92 Å². The van der Waals surface area contributed by atoms with E-state index in [0.717, 1.165) is 42.9 Å². The quantitative estimate of drug-likeness (QED) is 0.619. The first-order chi connectivity index (χ1) is 15.8. The Hall–Kier alpha value is -2.32. The molecule has 3 heterocycles. The zero-order valence-corrected chi connectivity index (χ0v) is 20.4. The molecule has 1 aromatic heterocycles. The Morgan fingerprint density at radius 3 is 2.73 bits per heavy atom. The number of piperidine rings is 1. The third kappa shape index (κ3) is 6.18. The number of aromatic nitrogens is 2. The van der Waals surface area contributed by atoms with Gasteiger partial charge in [-0.25, -0.2) is 18.4 Å². The van der Waals surface area contributed by atoms with Crippen molar-refractivity contribution in [2.24, 2.45) is 0 Å². The molecule has 2 aromatic rings. The van der Waals surface area contributed by atoms with Crippen LogP contribution in [0.5, 0.6) is 0 Å². The van der Waals surface area contributed by atoms with Crippen LogP contribution in [0.2, 0.25) is 0 Å². The molecule has 0 unspecified atom stereocenters. The third-order valence-electron chi connectivity index (χ3n) is 6.93. The molecule has 0 spiro atoms. The monoisotopic (exact) mass is 470 g/mol. The number of benzene rings is 1. The summed E-state index contributed by atoms with van der Waals surface area (Å²) in [5.41, 5.74) is 3.43. The van der Waals surface area contributed by atoms with Crippen LogP contribution in [-0.2, 0) is 21.1 Å². The number of hydrogen-bond acceptors (Lipinski definition) is 6. The van der Waals surface area contributed by atoms with Gasteiger partial charge in [0, 0.05) is 50.6 Å². The first-order valence-corrected chi connectivity index (χ1v) is 13.7. The zero-order valence-electron chi connectivity index (χ0n) is 19.6. The van der Waals surface area contributed by atoms with Crippen LogP contribution in [-0.4, -0.2) is 78.3 Å². The number of hydrogen-bond donors (Lipinski definition) is 0. The van der Waals surface area contributed by atoms with Crippen molar-refractivity contribution < 1.29 is 13.2 Å². The molecule has 0 radical (unpaired) electrons. The summed E-state index contributed by atoms with van der Waals surface area (Å²) in [5.74, 6) is 1.58. The summed E-state index contributed by atoms with van der Waals surface area (Å²) in [7, 11) is -0.989. The smallest absolute Gasteiger partial charge is 0.223 e. The Balaban J connectivity index is 1.39. The van der Waals surface area contributed by atoms with Crippen molar-refractivity contribution in [3.8, 4) is 0 Å². The van der Waals surface area contributed by atoms with E-state index >= 15 is 0 Å². The van der Waals surface area contributed by atoms with E-state index in [1.165, 1.54) is 5.56 Å². The first kappa shape index (κ1) is 23.8. The van der Waals surface area contributed by atoms with Gasteiger partial charge in [-0.2, -0.15) is 0 Å². The molecule has 1 aromatic carbocycles. The summed E-state index contributed by atoms with van der Waals surface area (Å²) >= 11 is 0. The lowest BCUT2D eigenvalue weighted by atomic mass is 9.90. The molecule has 2 atom stereocenters. The molecule has 0 bridgehead atoms. The average molecular weight is 471 g/mol. The highest BCUT2D eigenvalue weighted by molar-refractivity contribution is 7.91. The minimum atomic E-state index is -2.92. The second-order valence-corrected chi connectivity index (χ2v) is 11.7. The van der Waals surface area contributed by atoms with E-state index in [4.69, 9.17) is 4.98 Å². The van der Waals surface area contributed by atoms with Gasteiger partial charge in [0.15, 0.2) is 9.84 Å². The summed E-state index contributed by atoms with van der Waals surface area (Å²) < 4.78 is 23.5. The summed E-state index contributed by atoms with van der Waals surface area (Å²) in [6.07, 6.45) is 5.78. The Labute approximate surface area is 197 Å². The highest BCUT2D eigenvalue weighted by Crippen LogP contribution is 2.29. The second kappa shape index (κ2) is 10.3. The van der Waals surface area contributed by atoms with Crippen molar-refractivity contribution in [2.45, 2.75) is 51.0 Å². The number of carbonyl (C=O) groups is 1. The van der Waals surface area contributed by atoms with E-state index in [-0.39, 0.29) is 29.4 Å². The molecule has 33 heavy (non-hydrogen) atoms. The number of amides is 1. The largest absolute Gasteiger partial charge is 0.342 e. The van der Waals surface area contributed by atoms with E-state index in [9.17, 15) is 13.2 Å². The topological polar surface area (TPSA) is 83.5 Å². The molecule has 4 rings (SSSR count). The molecule has 2 aliphatic heterocycles. The van der Waals surface area contributed by atoms with Crippen molar-refractivity contribution in [3.05, 3.63) is 59.2 Å². The maximum atomic E-state index is 13.0. The lowest BCUT2D eigenvalue weighted by molar-refractivity contribution is -0.132. The molecular weight excluding hydrogens is 436 g/mol. The minimum Gasteiger partial charge on any atom is -0.342 e. The fourth-order valence-electron chi connectivity index (χ4n) is 4.98. The van der Waals surface area contributed by atoms with Gasteiger partial charge in [-0.15, -0.1) is 0 Å². The number of aryl methyl sites for hydroxylation is 1. The van der Waals surface area contributed by atoms with Gasteiger partial charge in [0.2, 0.25) is 5.91 Å². The molecule has 0 N–H and O–H groups in total. The van der Waals surface area contributed by atoms with Crippen LogP contribution in [0.4, 0.5) is 0 Å². The lowest BCUT2D eigenvalue weighted by Gasteiger charge is -2.34. The van der Waals surface area contributed by atoms with Crippen LogP contribution < -0.4 is 0 Å². The molecular formula is C25H34N4O3S. The van der Waals surface area contributed by atoms with Crippen molar-refractivity contribution in [1.29, 1.82) is 0 Å². The summed E-state index contributed by atoms with van der Waals surface area (Å²) in [6, 6.07) is 10.4. The van der Waals surface area contributed by atoms with Crippen LogP contribution in [0.15, 0.2) is 36.5 Å². The average Bonchev–Trinajstić information content (AvgIpc) is 3.19. The maximum Gasteiger partial charge on any atom is 0.223 e. The molecule has 0 saturated carbocycles. The van der Waals surface area contributed by atoms with Crippen molar-refractivity contribution >= 4 is 15.7 Å². The lowest BCUT2D eigenvalue weighted by Crippen LogP contribution is -2.42. The summed E-state index contributed by atoms with van der Waals surface area (Å²) in [6.45, 7) is 3.96. The zero-order chi connectivity index (χ0) is 23.4. The first-order valence-electron chi connectivity index (χ1n) is 11.9. The van der Waals surface area contributed by atoms with Crippen LogP contribution in [0.1, 0.15) is 54.2 Å². The van der Waals surface area contributed by atoms with Gasteiger partial charge in [0.1, 0.15) is 5.82 Å². The van der Waals surface area contributed by atoms with Gasteiger partial charge >= 0.3 is 0 Å². The number of carbonyl (C=O) groups excluding carboxylic acids is 1. The third-order valence-corrected chi connectivity index (χ3v) is 8.68. The fraction of sp³-hybridized carbons (Fsp3) is 0.560. The molecule has 178 valence electrons. The van der Waals surface area contributed by atoms with E-state index in [1.807, 2.05) is 48.2 Å². The van der Waals surface area contributed by atoms with Gasteiger partial charge in [0.05, 0.1) is 17.2 Å². The maximum absolute atomic E-state index is 13.0. The van der Waals surface area contributed by atoms with Crippen LogP contribution in [0.25, 0.3) is 0 Å². The number of nitrogens with zero attached hydrogens (tertiary/aromatic N) is 4. The second-order valence-electron chi connectivity index (χ2n) is 9.46. The van der Waals surface area contributed by atoms with Gasteiger partial charge < -0.3 is 9.80 Å². The Morgan fingerprint density at radius 2 is 2.00 bits per heavy atom. The molecule has 1 amide bonds. The summed E-state index contributed by atoms with van der Waals surface area (Å²) in [4.78, 5) is 26.3. The normalized spacial score (nSPS) is 22.6. The van der Waals surface area contributed by atoms with Gasteiger partial charge in [-0.3, -0.25) is 4.79 Å². The molecule has 2 fully saturated rings. The number of likely N-dealkylation sites (tertiary alicyclic amines) is 1. The standard InChI is InChI=1S/C25H34N4O3S/c1-19-26-16-22(15-20-7-4-3-5-8-20)25(27-19)21-9-6-12-29(17-21)24(30)10-13-28(2)23-11-14-33(31,32)18-23/h3-5,7-8,16,21,23H,6,9-15,17-18H2,1-2H3/t21-,23-/m1/s1. The molecule has 2 saturated heterocycles. The van der Waals surface area contributed by atoms with E-state index in [0.29, 0.717) is 25.9 Å². The van der Waals surface area contributed by atoms with Gasteiger partial charge in [-0.05, 0) is 44.4 Å². The highest BCUT2D eigenvalue weighted by Gasteiger charge is 2.32. The van der Waals surface area contributed by atoms with E-state index < -0.39 is 9.84 Å². The predicted octanol–water partition coefficient (Wildman–Crippen LogP) is 2.59. The van der Waals surface area contributed by atoms with E-state index in [1.54, 1.807) is 0 Å². The Kier molecular flexibility index (Phi) is 7.44. The Morgan fingerprint density at radius 1 is 1.21 bits per heavy atom. The van der Waals surface area contributed by atoms with Crippen molar-refractivity contribution in [1.82, 2.24) is 19.8 Å². The van der Waals surface area contributed by atoms with Crippen molar-refractivity contribution in [3.63, 3.8) is 0 Å². The van der Waals surface area contributed by atoms with Crippen molar-refractivity contribution in [2.75, 3.05) is 38.2 Å². The molecule has 2 aliphatic rings. The highest BCUT2D eigenvalue weighted by atomic mass is 32.2. The summed E-state index contributed by atoms with van der Waals surface area (Å²) in [5, 5.41) is 0. The fourth-order valence-corrected chi connectivity index (χ4v) is 6.79. The Bertz CT molecular complexity index is 1070. The predicted molar refractivity (Wildman–Crippen MR) is 129 cm³/mol. The van der Waals surface area contributed by atoms with Gasteiger partial charge in [0.25, 0.3) is 0 Å². The molecule has 7 nitrogen and oxygen atoms in total. The van der Waals surface area contributed by atoms with E-state index in [2.05, 4.69) is 17.1 Å². The SMILES string of the molecule is Cc1ncc(Cc2ccccc2)c([C@@H]2CCCN(C(=O)CCN(C)[C@@H]3CCS(=O)(=O)C3)C2)n1. The van der Waals surface area contributed by atoms with Crippen LogP contribution >= 0.6 is 0 Å².